The van der Waals surface area contributed by atoms with Crippen LogP contribution in [-0.2, 0) is 10.3 Å². The lowest BCUT2D eigenvalue weighted by molar-refractivity contribution is -0.0304. The SMILES string of the molecule is CC(C)OC(c1ccccc1)(c1ccccc1)c1ccccc1OC(=O)N(C)C. The van der Waals surface area contributed by atoms with E-state index in [2.05, 4.69) is 0 Å². The van der Waals surface area contributed by atoms with Crippen LogP contribution in [0.2, 0.25) is 0 Å². The summed E-state index contributed by atoms with van der Waals surface area (Å²) < 4.78 is 12.4. The van der Waals surface area contributed by atoms with E-state index in [0.717, 1.165) is 16.7 Å². The van der Waals surface area contributed by atoms with Crippen molar-refractivity contribution in [3.05, 3.63) is 102 Å². The first-order chi connectivity index (χ1) is 13.9. The molecule has 0 spiro atoms. The Bertz CT molecular complexity index is 897. The van der Waals surface area contributed by atoms with Crippen molar-refractivity contribution in [2.75, 3.05) is 14.1 Å². The van der Waals surface area contributed by atoms with E-state index in [0.29, 0.717) is 5.75 Å². The van der Waals surface area contributed by atoms with Gasteiger partial charge in [0, 0.05) is 19.7 Å². The highest BCUT2D eigenvalue weighted by Gasteiger charge is 2.41. The maximum Gasteiger partial charge on any atom is 0.414 e. The van der Waals surface area contributed by atoms with E-state index in [1.807, 2.05) is 92.7 Å². The van der Waals surface area contributed by atoms with Crippen LogP contribution >= 0.6 is 0 Å². The lowest BCUT2D eigenvalue weighted by Crippen LogP contribution is -2.36. The van der Waals surface area contributed by atoms with Crippen LogP contribution in [0.5, 0.6) is 5.75 Å². The molecule has 3 aromatic rings. The number of hydrogen-bond acceptors (Lipinski definition) is 3. The second-order valence-electron chi connectivity index (χ2n) is 7.34. The van der Waals surface area contributed by atoms with E-state index in [-0.39, 0.29) is 6.10 Å². The third kappa shape index (κ3) is 4.33. The molecule has 0 saturated carbocycles. The van der Waals surface area contributed by atoms with Gasteiger partial charge in [0.15, 0.2) is 0 Å². The van der Waals surface area contributed by atoms with Crippen molar-refractivity contribution in [2.24, 2.45) is 0 Å². The maximum absolute atomic E-state index is 12.3. The maximum atomic E-state index is 12.3. The van der Waals surface area contributed by atoms with E-state index in [9.17, 15) is 4.79 Å². The van der Waals surface area contributed by atoms with Crippen molar-refractivity contribution >= 4 is 6.09 Å². The summed E-state index contributed by atoms with van der Waals surface area (Å²) in [5.74, 6) is 0.472. The molecule has 0 aliphatic carbocycles. The predicted octanol–water partition coefficient (Wildman–Crippen LogP) is 5.46. The molecule has 0 radical (unpaired) electrons. The van der Waals surface area contributed by atoms with Crippen LogP contribution in [0, 0.1) is 0 Å². The average Bonchev–Trinajstić information content (AvgIpc) is 2.73. The molecule has 0 bridgehead atoms. The number of rotatable bonds is 6. The fourth-order valence-electron chi connectivity index (χ4n) is 3.41. The molecule has 0 atom stereocenters. The zero-order valence-corrected chi connectivity index (χ0v) is 17.3. The molecule has 0 fully saturated rings. The zero-order valence-electron chi connectivity index (χ0n) is 17.3. The molecule has 3 aromatic carbocycles. The summed E-state index contributed by atoms with van der Waals surface area (Å²) in [5.41, 5.74) is 1.78. The average molecular weight is 389 g/mol. The van der Waals surface area contributed by atoms with Crippen LogP contribution in [0.15, 0.2) is 84.9 Å². The number of amides is 1. The Morgan fingerprint density at radius 1 is 0.793 bits per heavy atom. The van der Waals surface area contributed by atoms with E-state index < -0.39 is 11.7 Å². The molecule has 0 aromatic heterocycles. The number of hydrogen-bond donors (Lipinski definition) is 0. The van der Waals surface area contributed by atoms with Crippen molar-refractivity contribution in [1.82, 2.24) is 4.90 Å². The minimum Gasteiger partial charge on any atom is -0.410 e. The first-order valence-electron chi connectivity index (χ1n) is 9.72. The van der Waals surface area contributed by atoms with Gasteiger partial charge in [-0.3, -0.25) is 0 Å². The lowest BCUT2D eigenvalue weighted by Gasteiger charge is -2.38. The quantitative estimate of drug-likeness (QED) is 0.525. The van der Waals surface area contributed by atoms with Gasteiger partial charge in [0.2, 0.25) is 0 Å². The van der Waals surface area contributed by atoms with Gasteiger partial charge in [-0.05, 0) is 31.0 Å². The van der Waals surface area contributed by atoms with E-state index in [1.54, 1.807) is 20.2 Å². The Kier molecular flexibility index (Phi) is 6.35. The zero-order chi connectivity index (χ0) is 20.9. The highest BCUT2D eigenvalue weighted by atomic mass is 16.6. The Labute approximate surface area is 172 Å². The Balaban J connectivity index is 2.31. The normalized spacial score (nSPS) is 11.3. The molecule has 0 aliphatic rings. The summed E-state index contributed by atoms with van der Waals surface area (Å²) in [6.07, 6.45) is -0.509. The van der Waals surface area contributed by atoms with Gasteiger partial charge in [0.25, 0.3) is 0 Å². The molecule has 0 saturated heterocycles. The van der Waals surface area contributed by atoms with Gasteiger partial charge in [-0.15, -0.1) is 0 Å². The highest BCUT2D eigenvalue weighted by Crippen LogP contribution is 2.45. The number of carbonyl (C=O) groups excluding carboxylic acids is 1. The van der Waals surface area contributed by atoms with Crippen LogP contribution < -0.4 is 4.74 Å². The molecule has 29 heavy (non-hydrogen) atoms. The fourth-order valence-corrected chi connectivity index (χ4v) is 3.41. The molecule has 1 amide bonds. The van der Waals surface area contributed by atoms with Gasteiger partial charge in [-0.25, -0.2) is 4.79 Å². The van der Waals surface area contributed by atoms with Crippen LogP contribution in [0.3, 0.4) is 0 Å². The summed E-state index contributed by atoms with van der Waals surface area (Å²) >= 11 is 0. The molecule has 150 valence electrons. The second-order valence-corrected chi connectivity index (χ2v) is 7.34. The van der Waals surface area contributed by atoms with Crippen molar-refractivity contribution in [3.8, 4) is 5.75 Å². The highest BCUT2D eigenvalue weighted by molar-refractivity contribution is 5.71. The summed E-state index contributed by atoms with van der Waals surface area (Å²) in [6.45, 7) is 4.02. The minimum absolute atomic E-state index is 0.0759. The molecule has 0 unspecified atom stereocenters. The first kappa shape index (κ1) is 20.6. The number of benzene rings is 3. The van der Waals surface area contributed by atoms with E-state index in [1.165, 1.54) is 4.90 Å². The summed E-state index contributed by atoms with van der Waals surface area (Å²) in [4.78, 5) is 13.8. The fraction of sp³-hybridized carbons (Fsp3) is 0.240. The molecule has 4 nitrogen and oxygen atoms in total. The molecule has 3 rings (SSSR count). The third-order valence-electron chi connectivity index (χ3n) is 4.60. The Morgan fingerprint density at radius 2 is 1.28 bits per heavy atom. The Morgan fingerprint density at radius 3 is 1.76 bits per heavy atom. The van der Waals surface area contributed by atoms with Crippen LogP contribution in [-0.4, -0.2) is 31.2 Å². The summed E-state index contributed by atoms with van der Waals surface area (Å²) in [5, 5.41) is 0. The van der Waals surface area contributed by atoms with Gasteiger partial charge in [0.05, 0.1) is 6.10 Å². The molecule has 0 aliphatic heterocycles. The molecule has 0 N–H and O–H groups in total. The van der Waals surface area contributed by atoms with Gasteiger partial charge in [-0.1, -0.05) is 78.9 Å². The van der Waals surface area contributed by atoms with Crippen molar-refractivity contribution in [2.45, 2.75) is 25.6 Å². The first-order valence-corrected chi connectivity index (χ1v) is 9.72. The van der Waals surface area contributed by atoms with E-state index >= 15 is 0 Å². The largest absolute Gasteiger partial charge is 0.414 e. The van der Waals surface area contributed by atoms with Gasteiger partial charge in [0.1, 0.15) is 11.4 Å². The van der Waals surface area contributed by atoms with Crippen molar-refractivity contribution < 1.29 is 14.3 Å². The molecular weight excluding hydrogens is 362 g/mol. The second kappa shape index (κ2) is 8.93. The van der Waals surface area contributed by atoms with Crippen molar-refractivity contribution in [3.63, 3.8) is 0 Å². The number of carbonyl (C=O) groups is 1. The number of ether oxygens (including phenoxy) is 2. The van der Waals surface area contributed by atoms with Crippen molar-refractivity contribution in [1.29, 1.82) is 0 Å². The van der Waals surface area contributed by atoms with E-state index in [4.69, 9.17) is 9.47 Å². The van der Waals surface area contributed by atoms with Gasteiger partial charge in [-0.2, -0.15) is 0 Å². The Hall–Kier alpha value is -3.11. The van der Waals surface area contributed by atoms with Crippen LogP contribution in [0.4, 0.5) is 4.79 Å². The van der Waals surface area contributed by atoms with Crippen LogP contribution in [0.1, 0.15) is 30.5 Å². The molecule has 4 heteroatoms. The topological polar surface area (TPSA) is 38.8 Å². The van der Waals surface area contributed by atoms with Gasteiger partial charge >= 0.3 is 6.09 Å². The summed E-state index contributed by atoms with van der Waals surface area (Å²) in [7, 11) is 3.33. The molecule has 0 heterocycles. The number of para-hydroxylation sites is 1. The number of nitrogens with zero attached hydrogens (tertiary/aromatic N) is 1. The third-order valence-corrected chi connectivity index (χ3v) is 4.60. The summed E-state index contributed by atoms with van der Waals surface area (Å²) in [6, 6.07) is 27.7. The monoisotopic (exact) mass is 389 g/mol. The smallest absolute Gasteiger partial charge is 0.410 e. The lowest BCUT2D eigenvalue weighted by atomic mass is 9.79. The molecular formula is C25H27NO3. The predicted molar refractivity (Wildman–Crippen MR) is 115 cm³/mol. The minimum atomic E-state index is -0.931. The standard InChI is InChI=1S/C25H27NO3/c1-19(2)29-25(20-13-7-5-8-14-20,21-15-9-6-10-16-21)22-17-11-12-18-23(22)28-24(27)26(3)4/h5-19H,1-4H3. The van der Waals surface area contributed by atoms with Crippen LogP contribution in [0.25, 0.3) is 0 Å². The van der Waals surface area contributed by atoms with Gasteiger partial charge < -0.3 is 14.4 Å².